The Kier molecular flexibility index (Phi) is 6.98. The average molecular weight is 312 g/mol. The maximum absolute atomic E-state index is 13.0. The van der Waals surface area contributed by atoms with Gasteiger partial charge in [0.15, 0.2) is 0 Å². The predicted octanol–water partition coefficient (Wildman–Crippen LogP) is 3.14. The first-order chi connectivity index (χ1) is 10.3. The first kappa shape index (κ1) is 18.1. The van der Waals surface area contributed by atoms with E-state index in [0.717, 1.165) is 6.07 Å². The van der Waals surface area contributed by atoms with E-state index in [1.54, 1.807) is 26.8 Å². The van der Waals surface area contributed by atoms with Gasteiger partial charge < -0.3 is 15.4 Å². The number of nitrogens with one attached hydrogen (secondary N) is 2. The Bertz CT molecular complexity index is 505. The van der Waals surface area contributed by atoms with Gasteiger partial charge >= 0.3 is 6.09 Å². The predicted molar refractivity (Wildman–Crippen MR) is 81.4 cm³/mol. The Balaban J connectivity index is 2.18. The molecule has 122 valence electrons. The van der Waals surface area contributed by atoms with Crippen LogP contribution < -0.4 is 10.6 Å². The van der Waals surface area contributed by atoms with E-state index in [4.69, 9.17) is 4.74 Å². The molecule has 1 amide bonds. The van der Waals surface area contributed by atoms with E-state index >= 15 is 0 Å². The number of carbonyl (C=O) groups excluding carboxylic acids is 1. The van der Waals surface area contributed by atoms with Crippen LogP contribution in [0.5, 0.6) is 0 Å². The summed E-state index contributed by atoms with van der Waals surface area (Å²) in [7, 11) is 0. The van der Waals surface area contributed by atoms with Gasteiger partial charge in [0.1, 0.15) is 17.2 Å². The van der Waals surface area contributed by atoms with Gasteiger partial charge in [-0.3, -0.25) is 0 Å². The average Bonchev–Trinajstić information content (AvgIpc) is 2.34. The number of hydrogen-bond acceptors (Lipinski definition) is 3. The van der Waals surface area contributed by atoms with Gasteiger partial charge in [0.2, 0.25) is 0 Å². The van der Waals surface area contributed by atoms with Crippen molar-refractivity contribution in [2.75, 3.05) is 13.1 Å². The third-order valence-electron chi connectivity index (χ3n) is 2.44. The van der Waals surface area contributed by atoms with E-state index in [9.17, 15) is 13.6 Å². The van der Waals surface area contributed by atoms with Crippen LogP contribution in [0.1, 0.15) is 26.3 Å². The van der Waals surface area contributed by atoms with Crippen LogP contribution in [0.2, 0.25) is 0 Å². The second-order valence-electron chi connectivity index (χ2n) is 5.76. The summed E-state index contributed by atoms with van der Waals surface area (Å²) in [4.78, 5) is 11.3. The summed E-state index contributed by atoms with van der Waals surface area (Å²) in [6.45, 7) is 6.61. The van der Waals surface area contributed by atoms with Gasteiger partial charge in [-0.25, -0.2) is 13.6 Å². The lowest BCUT2D eigenvalue weighted by Crippen LogP contribution is -2.32. The van der Waals surface area contributed by atoms with E-state index in [1.807, 2.05) is 6.08 Å². The minimum atomic E-state index is -0.589. The number of halogens is 2. The Morgan fingerprint density at radius 1 is 1.14 bits per heavy atom. The van der Waals surface area contributed by atoms with Gasteiger partial charge in [-0.05, 0) is 38.5 Å². The van der Waals surface area contributed by atoms with Crippen LogP contribution in [0, 0.1) is 11.6 Å². The van der Waals surface area contributed by atoms with Crippen LogP contribution in [0.4, 0.5) is 13.6 Å². The molecule has 0 aliphatic rings. The smallest absolute Gasteiger partial charge is 0.407 e. The Morgan fingerprint density at radius 3 is 2.32 bits per heavy atom. The quantitative estimate of drug-likeness (QED) is 0.627. The molecule has 0 bridgehead atoms. The lowest BCUT2D eigenvalue weighted by Gasteiger charge is -2.19. The monoisotopic (exact) mass is 312 g/mol. The highest BCUT2D eigenvalue weighted by Crippen LogP contribution is 2.07. The number of alkyl carbamates (subject to hydrolysis) is 1. The van der Waals surface area contributed by atoms with E-state index in [0.29, 0.717) is 25.2 Å². The Labute approximate surface area is 129 Å². The highest BCUT2D eigenvalue weighted by molar-refractivity contribution is 5.67. The van der Waals surface area contributed by atoms with Gasteiger partial charge in [-0.1, -0.05) is 12.2 Å². The lowest BCUT2D eigenvalue weighted by atomic mass is 10.2. The number of amides is 1. The van der Waals surface area contributed by atoms with Gasteiger partial charge in [0.25, 0.3) is 0 Å². The molecule has 0 saturated carbocycles. The second kappa shape index (κ2) is 8.48. The van der Waals surface area contributed by atoms with E-state index in [-0.39, 0.29) is 0 Å². The molecular weight excluding hydrogens is 290 g/mol. The molecule has 0 fully saturated rings. The Hall–Kier alpha value is -1.95. The first-order valence-corrected chi connectivity index (χ1v) is 7.04. The highest BCUT2D eigenvalue weighted by atomic mass is 19.1. The van der Waals surface area contributed by atoms with Crippen LogP contribution in [0.15, 0.2) is 30.4 Å². The van der Waals surface area contributed by atoms with Gasteiger partial charge in [-0.15, -0.1) is 0 Å². The summed E-state index contributed by atoms with van der Waals surface area (Å²) in [5.41, 5.74) is 0.0213. The number of hydrogen-bond donors (Lipinski definition) is 2. The molecule has 22 heavy (non-hydrogen) atoms. The normalized spacial score (nSPS) is 11.7. The topological polar surface area (TPSA) is 50.4 Å². The van der Waals surface area contributed by atoms with Crippen molar-refractivity contribution in [1.29, 1.82) is 0 Å². The molecule has 0 aromatic heterocycles. The van der Waals surface area contributed by atoms with Crippen LogP contribution in [0.3, 0.4) is 0 Å². The van der Waals surface area contributed by atoms with Crippen molar-refractivity contribution in [3.8, 4) is 0 Å². The summed E-state index contributed by atoms with van der Waals surface area (Å²) >= 11 is 0. The van der Waals surface area contributed by atoms with Gasteiger partial charge in [-0.2, -0.15) is 0 Å². The fraction of sp³-hybridized carbons (Fsp3) is 0.438. The maximum Gasteiger partial charge on any atom is 0.407 e. The number of benzene rings is 1. The lowest BCUT2D eigenvalue weighted by molar-refractivity contribution is 0.0534. The molecular formula is C16H22F2N2O2. The largest absolute Gasteiger partial charge is 0.444 e. The maximum atomic E-state index is 13.0. The minimum absolute atomic E-state index is 0.352. The number of ether oxygens (including phenoxy) is 1. The zero-order valence-electron chi connectivity index (χ0n) is 13.1. The van der Waals surface area contributed by atoms with Crippen LogP contribution in [0.25, 0.3) is 0 Å². The molecule has 1 aromatic rings. The fourth-order valence-corrected chi connectivity index (χ4v) is 1.64. The molecule has 2 N–H and O–H groups in total. The second-order valence-corrected chi connectivity index (χ2v) is 5.76. The SMILES string of the molecule is CC(C)(C)OC(=O)NC/C=C/CNCc1cc(F)cc(F)c1. The summed E-state index contributed by atoms with van der Waals surface area (Å²) < 4.78 is 31.0. The first-order valence-electron chi connectivity index (χ1n) is 7.04. The van der Waals surface area contributed by atoms with E-state index in [1.165, 1.54) is 12.1 Å². The molecule has 6 heteroatoms. The summed E-state index contributed by atoms with van der Waals surface area (Å²) in [6.07, 6.45) is 3.11. The van der Waals surface area contributed by atoms with Crippen molar-refractivity contribution in [3.05, 3.63) is 47.5 Å². The molecule has 1 rings (SSSR count). The van der Waals surface area contributed by atoms with Crippen LogP contribution in [-0.4, -0.2) is 24.8 Å². The summed E-state index contributed by atoms with van der Waals surface area (Å²) in [6, 6.07) is 3.40. The van der Waals surface area contributed by atoms with Crippen molar-refractivity contribution in [2.24, 2.45) is 0 Å². The third kappa shape index (κ3) is 8.36. The molecule has 4 nitrogen and oxygen atoms in total. The van der Waals surface area contributed by atoms with Crippen molar-refractivity contribution in [1.82, 2.24) is 10.6 Å². The highest BCUT2D eigenvalue weighted by Gasteiger charge is 2.14. The zero-order chi connectivity index (χ0) is 16.6. The van der Waals surface area contributed by atoms with Gasteiger partial charge in [0, 0.05) is 25.7 Å². The molecule has 0 radical (unpaired) electrons. The van der Waals surface area contributed by atoms with Crippen LogP contribution >= 0.6 is 0 Å². The summed E-state index contributed by atoms with van der Waals surface area (Å²) in [5, 5.41) is 5.61. The van der Waals surface area contributed by atoms with E-state index < -0.39 is 23.3 Å². The molecule has 0 spiro atoms. The Morgan fingerprint density at radius 2 is 1.73 bits per heavy atom. The molecule has 1 aromatic carbocycles. The molecule has 0 unspecified atom stereocenters. The van der Waals surface area contributed by atoms with Crippen LogP contribution in [-0.2, 0) is 11.3 Å². The fourth-order valence-electron chi connectivity index (χ4n) is 1.64. The molecule has 0 heterocycles. The number of carbonyl (C=O) groups is 1. The third-order valence-corrected chi connectivity index (χ3v) is 2.44. The minimum Gasteiger partial charge on any atom is -0.444 e. The van der Waals surface area contributed by atoms with Crippen molar-refractivity contribution >= 4 is 6.09 Å². The molecule has 0 aliphatic carbocycles. The summed E-state index contributed by atoms with van der Waals surface area (Å²) in [5.74, 6) is -1.18. The van der Waals surface area contributed by atoms with Crippen molar-refractivity contribution in [2.45, 2.75) is 32.9 Å². The van der Waals surface area contributed by atoms with Gasteiger partial charge in [0.05, 0.1) is 0 Å². The molecule has 0 aliphatic heterocycles. The molecule has 0 saturated heterocycles. The van der Waals surface area contributed by atoms with Crippen molar-refractivity contribution in [3.63, 3.8) is 0 Å². The standard InChI is InChI=1S/C16H22F2N2O2/c1-16(2,3)22-15(21)20-7-5-4-6-19-11-12-8-13(17)10-14(18)9-12/h4-5,8-10,19H,6-7,11H2,1-3H3,(H,20,21)/b5-4+. The van der Waals surface area contributed by atoms with E-state index in [2.05, 4.69) is 10.6 Å². The van der Waals surface area contributed by atoms with Crippen molar-refractivity contribution < 1.29 is 18.3 Å². The molecule has 0 atom stereocenters. The number of rotatable bonds is 6. The zero-order valence-corrected chi connectivity index (χ0v) is 13.1.